The van der Waals surface area contributed by atoms with Crippen molar-refractivity contribution in [2.45, 2.75) is 0 Å². The Morgan fingerprint density at radius 3 is 1.13 bits per heavy atom. The van der Waals surface area contributed by atoms with Crippen LogP contribution in [0.25, 0.3) is 0 Å². The quantitative estimate of drug-likeness (QED) is 0.584. The van der Waals surface area contributed by atoms with Crippen LogP contribution in [0.3, 0.4) is 0 Å². The van der Waals surface area contributed by atoms with Crippen molar-refractivity contribution in [2.75, 3.05) is 46.0 Å². The molecule has 2 heterocycles. The molecule has 0 N–H and O–H groups in total. The monoisotopic (exact) mass is 378 g/mol. The van der Waals surface area contributed by atoms with E-state index in [4.69, 9.17) is 0 Å². The van der Waals surface area contributed by atoms with E-state index in [1.165, 1.54) is 46.0 Å². The van der Waals surface area contributed by atoms with Crippen molar-refractivity contribution in [3.63, 3.8) is 0 Å². The number of rotatable bonds is 0. The normalized spacial score (nSPS) is 28.8. The third-order valence-corrected chi connectivity index (χ3v) is 44.2. The fraction of sp³-hybridized carbons (Fsp3) is 1.00. The van der Waals surface area contributed by atoms with Gasteiger partial charge in [-0.15, -0.1) is 0 Å². The predicted molar refractivity (Wildman–Crippen MR) is 90.2 cm³/mol. The summed E-state index contributed by atoms with van der Waals surface area (Å²) in [6, 6.07) is 0. The fourth-order valence-electron chi connectivity index (χ4n) is 1.36. The van der Waals surface area contributed by atoms with Gasteiger partial charge in [0.2, 0.25) is 0 Å². The molecule has 0 aromatic heterocycles. The van der Waals surface area contributed by atoms with Crippen LogP contribution >= 0.6 is 63.9 Å². The van der Waals surface area contributed by atoms with E-state index in [-0.39, 0.29) is 0 Å². The van der Waals surface area contributed by atoms with Crippen molar-refractivity contribution in [1.29, 1.82) is 0 Å². The van der Waals surface area contributed by atoms with E-state index in [2.05, 4.69) is 63.9 Å². The molecule has 0 bridgehead atoms. The Labute approximate surface area is 117 Å². The summed E-state index contributed by atoms with van der Waals surface area (Å²) in [6.45, 7) is 0. The second-order valence-electron chi connectivity index (χ2n) is 3.12. The molecule has 0 aromatic carbocycles. The van der Waals surface area contributed by atoms with Gasteiger partial charge >= 0.3 is 119 Å². The molecule has 0 nitrogen and oxygen atoms in total. The van der Waals surface area contributed by atoms with Crippen LogP contribution in [0, 0.1) is 0 Å². The number of hydrogen-bond donors (Lipinski definition) is 0. The molecule has 7 heteroatoms. The van der Waals surface area contributed by atoms with Crippen molar-refractivity contribution in [3.8, 4) is 0 Å². The van der Waals surface area contributed by atoms with Crippen molar-refractivity contribution in [3.05, 3.63) is 0 Å². The van der Waals surface area contributed by atoms with Gasteiger partial charge in [0.25, 0.3) is 0 Å². The predicted octanol–water partition coefficient (Wildman–Crippen LogP) is 3.85. The van der Waals surface area contributed by atoms with Gasteiger partial charge in [-0.25, -0.2) is 0 Å². The molecule has 0 saturated carbocycles. The minimum absolute atomic E-state index is 1.40. The van der Waals surface area contributed by atoms with E-state index >= 15 is 0 Å². The van der Waals surface area contributed by atoms with E-state index in [9.17, 15) is 0 Å². The first kappa shape index (κ1) is 14.1. The second kappa shape index (κ2) is 7.94. The molecule has 1 spiro atoms. The molecule has 0 radical (unpaired) electrons. The summed E-state index contributed by atoms with van der Waals surface area (Å²) in [4.78, 5) is 0. The van der Waals surface area contributed by atoms with Crippen LogP contribution in [-0.2, 0) is 0 Å². The van der Waals surface area contributed by atoms with Gasteiger partial charge in [-0.3, -0.25) is 0 Å². The molecular formula is C8H16GeS6. The van der Waals surface area contributed by atoms with Gasteiger partial charge in [0, 0.05) is 0 Å². The minimum atomic E-state index is -1.63. The van der Waals surface area contributed by atoms with Crippen molar-refractivity contribution >= 4 is 72.6 Å². The Morgan fingerprint density at radius 2 is 0.800 bits per heavy atom. The van der Waals surface area contributed by atoms with Gasteiger partial charge < -0.3 is 0 Å². The second-order valence-corrected chi connectivity index (χ2v) is 38.5. The molecule has 2 saturated heterocycles. The van der Waals surface area contributed by atoms with Gasteiger partial charge in [0.05, 0.1) is 0 Å². The first-order chi connectivity index (χ1) is 7.41. The molecule has 0 unspecified atom stereocenters. The van der Waals surface area contributed by atoms with Crippen LogP contribution in [0.5, 0.6) is 0 Å². The Morgan fingerprint density at radius 1 is 0.467 bits per heavy atom. The molecular weight excluding hydrogens is 361 g/mol. The van der Waals surface area contributed by atoms with E-state index in [0.29, 0.717) is 0 Å². The van der Waals surface area contributed by atoms with Crippen molar-refractivity contribution < 1.29 is 0 Å². The van der Waals surface area contributed by atoms with Gasteiger partial charge in [-0.05, 0) is 0 Å². The molecule has 2 fully saturated rings. The molecule has 0 aromatic rings. The van der Waals surface area contributed by atoms with Crippen LogP contribution in [0.1, 0.15) is 0 Å². The molecule has 0 atom stereocenters. The van der Waals surface area contributed by atoms with Crippen LogP contribution in [0.4, 0.5) is 0 Å². The zero-order chi connectivity index (χ0) is 10.4. The van der Waals surface area contributed by atoms with Crippen LogP contribution in [-0.4, -0.2) is 54.7 Å². The maximum atomic E-state index is 2.39. The molecule has 88 valence electrons. The van der Waals surface area contributed by atoms with Crippen LogP contribution in [0.2, 0.25) is 0 Å². The molecule has 0 aliphatic carbocycles. The van der Waals surface area contributed by atoms with Gasteiger partial charge in [0.1, 0.15) is 0 Å². The first-order valence-corrected chi connectivity index (χ1v) is 21.7. The molecule has 2 rings (SSSR count). The Kier molecular flexibility index (Phi) is 7.45. The first-order valence-electron chi connectivity index (χ1n) is 5.13. The van der Waals surface area contributed by atoms with Gasteiger partial charge in [-0.2, -0.15) is 0 Å². The molecule has 2 aliphatic rings. The zero-order valence-corrected chi connectivity index (χ0v) is 15.6. The van der Waals surface area contributed by atoms with Gasteiger partial charge in [0.15, 0.2) is 0 Å². The Hall–Kier alpha value is 2.64. The van der Waals surface area contributed by atoms with Crippen molar-refractivity contribution in [1.82, 2.24) is 0 Å². The molecule has 2 aliphatic heterocycles. The Balaban J connectivity index is 1.92. The maximum absolute atomic E-state index is 2.39. The standard InChI is InChI=1S/C8H16GeS6/c1-5-12-9(13-6-2-10-1)14-7-3-11-4-8-15-9/h1-8H2. The Bertz CT molecular complexity index is 150. The summed E-state index contributed by atoms with van der Waals surface area (Å²) in [5, 5.41) is 0. The van der Waals surface area contributed by atoms with E-state index < -0.39 is 8.70 Å². The summed E-state index contributed by atoms with van der Waals surface area (Å²) in [5.41, 5.74) is 0. The number of thioether (sulfide) groups is 2. The summed E-state index contributed by atoms with van der Waals surface area (Å²) in [7, 11) is 7.92. The van der Waals surface area contributed by atoms with Crippen LogP contribution in [0.15, 0.2) is 0 Å². The summed E-state index contributed by atoms with van der Waals surface area (Å²) in [5.74, 6) is 11.3. The zero-order valence-electron chi connectivity index (χ0n) is 8.61. The topological polar surface area (TPSA) is 0 Å². The van der Waals surface area contributed by atoms with Crippen molar-refractivity contribution in [2.24, 2.45) is 0 Å². The summed E-state index contributed by atoms with van der Waals surface area (Å²) >= 11 is 4.30. The van der Waals surface area contributed by atoms with Gasteiger partial charge in [-0.1, -0.05) is 0 Å². The third kappa shape index (κ3) is 5.03. The average molecular weight is 377 g/mol. The summed E-state index contributed by atoms with van der Waals surface area (Å²) < 4.78 is 0. The molecule has 15 heavy (non-hydrogen) atoms. The van der Waals surface area contributed by atoms with E-state index in [0.717, 1.165) is 0 Å². The van der Waals surface area contributed by atoms with E-state index in [1.807, 2.05) is 0 Å². The number of hydrogen-bond acceptors (Lipinski definition) is 6. The fourth-order valence-corrected chi connectivity index (χ4v) is 45.6. The SMILES string of the molecule is C1C[S][Ge]2([S]CCS1)[S]CCSCC[S]2. The van der Waals surface area contributed by atoms with E-state index in [1.54, 1.807) is 0 Å². The third-order valence-electron chi connectivity index (χ3n) is 2.03. The average Bonchev–Trinajstić information content (AvgIpc) is 2.15. The van der Waals surface area contributed by atoms with Crippen LogP contribution < -0.4 is 0 Å². The molecule has 0 amide bonds. The summed E-state index contributed by atoms with van der Waals surface area (Å²) in [6.07, 6.45) is 0.